The van der Waals surface area contributed by atoms with Crippen LogP contribution in [0.5, 0.6) is 0 Å². The van der Waals surface area contributed by atoms with Crippen LogP contribution >= 0.6 is 0 Å². The van der Waals surface area contributed by atoms with Crippen molar-refractivity contribution in [3.05, 3.63) is 80.6 Å². The smallest absolute Gasteiger partial charge is 0.357 e. The predicted molar refractivity (Wildman–Crippen MR) is 111 cm³/mol. The van der Waals surface area contributed by atoms with Crippen molar-refractivity contribution >= 4 is 22.3 Å². The average molecular weight is 377 g/mol. The van der Waals surface area contributed by atoms with E-state index in [0.29, 0.717) is 18.2 Å². The van der Waals surface area contributed by atoms with Gasteiger partial charge in [-0.1, -0.05) is 55.5 Å². The number of rotatable bonds is 4. The summed E-state index contributed by atoms with van der Waals surface area (Å²) in [7, 11) is 0. The van der Waals surface area contributed by atoms with Gasteiger partial charge in [-0.3, -0.25) is 19.5 Å². The first kappa shape index (κ1) is 18.2. The molecular weight excluding hydrogens is 354 g/mol. The highest BCUT2D eigenvalue weighted by molar-refractivity contribution is 5.96. The summed E-state index contributed by atoms with van der Waals surface area (Å²) in [6, 6.07) is 17.1. The van der Waals surface area contributed by atoms with Gasteiger partial charge < -0.3 is 4.90 Å². The van der Waals surface area contributed by atoms with Gasteiger partial charge in [0.15, 0.2) is 0 Å². The van der Waals surface area contributed by atoms with Crippen molar-refractivity contribution in [3.63, 3.8) is 0 Å². The molecule has 1 saturated heterocycles. The number of anilines is 1. The molecule has 6 heteroatoms. The molecule has 0 radical (unpaired) electrons. The van der Waals surface area contributed by atoms with E-state index in [4.69, 9.17) is 0 Å². The minimum absolute atomic E-state index is 0.304. The standard InChI is InChI=1S/C22H23N3O3/c1-16-11-13-23(14-12-16)20-18-9-5-6-10-19(18)24(22(26)21(20)25(27)28)15-17-7-3-2-4-8-17/h2-10,16H,11-15H2,1H3. The van der Waals surface area contributed by atoms with Gasteiger partial charge in [0, 0.05) is 18.5 Å². The van der Waals surface area contributed by atoms with Gasteiger partial charge >= 0.3 is 11.2 Å². The molecule has 0 amide bonds. The molecule has 144 valence electrons. The molecule has 0 N–H and O–H groups in total. The Bertz CT molecular complexity index is 1070. The Kier molecular flexibility index (Phi) is 4.86. The van der Waals surface area contributed by atoms with E-state index in [1.165, 1.54) is 4.57 Å². The van der Waals surface area contributed by atoms with Gasteiger partial charge in [-0.05, 0) is 30.4 Å². The number of para-hydroxylation sites is 1. The number of nitrogens with zero attached hydrogens (tertiary/aromatic N) is 3. The summed E-state index contributed by atoms with van der Waals surface area (Å²) in [5.41, 5.74) is 1.28. The fourth-order valence-electron chi connectivity index (χ4n) is 4.02. The predicted octanol–water partition coefficient (Wildman–Crippen LogP) is 4.19. The van der Waals surface area contributed by atoms with Gasteiger partial charge in [0.25, 0.3) is 0 Å². The second-order valence-electron chi connectivity index (χ2n) is 7.52. The Morgan fingerprint density at radius 1 is 1.04 bits per heavy atom. The van der Waals surface area contributed by atoms with Gasteiger partial charge in [0.1, 0.15) is 5.69 Å². The summed E-state index contributed by atoms with van der Waals surface area (Å²) < 4.78 is 1.53. The van der Waals surface area contributed by atoms with Crippen molar-refractivity contribution < 1.29 is 4.92 Å². The Hall–Kier alpha value is -3.15. The molecule has 3 aromatic rings. The summed E-state index contributed by atoms with van der Waals surface area (Å²) in [6.45, 7) is 3.96. The van der Waals surface area contributed by atoms with Crippen LogP contribution in [0.2, 0.25) is 0 Å². The molecule has 1 aromatic heterocycles. The summed E-state index contributed by atoms with van der Waals surface area (Å²) >= 11 is 0. The summed E-state index contributed by atoms with van der Waals surface area (Å²) in [6.07, 6.45) is 1.94. The molecule has 0 saturated carbocycles. The third-order valence-corrected chi connectivity index (χ3v) is 5.59. The molecule has 0 unspecified atom stereocenters. The minimum atomic E-state index is -0.541. The Labute approximate surface area is 163 Å². The molecule has 28 heavy (non-hydrogen) atoms. The van der Waals surface area contributed by atoms with Gasteiger partial charge in [-0.25, -0.2) is 0 Å². The lowest BCUT2D eigenvalue weighted by atomic mass is 9.98. The molecule has 0 bridgehead atoms. The van der Waals surface area contributed by atoms with Crippen LogP contribution in [0.25, 0.3) is 10.9 Å². The molecule has 1 aliphatic rings. The van der Waals surface area contributed by atoms with E-state index in [0.717, 1.165) is 42.4 Å². The number of pyridine rings is 1. The fraction of sp³-hybridized carbons (Fsp3) is 0.318. The number of aromatic nitrogens is 1. The second kappa shape index (κ2) is 7.46. The highest BCUT2D eigenvalue weighted by atomic mass is 16.6. The van der Waals surface area contributed by atoms with Crippen molar-refractivity contribution in [3.8, 4) is 0 Å². The number of piperidine rings is 1. The third kappa shape index (κ3) is 3.26. The van der Waals surface area contributed by atoms with E-state index in [1.807, 2.05) is 59.5 Å². The van der Waals surface area contributed by atoms with Crippen molar-refractivity contribution in [1.82, 2.24) is 4.57 Å². The minimum Gasteiger partial charge on any atom is -0.365 e. The lowest BCUT2D eigenvalue weighted by Crippen LogP contribution is -2.35. The first-order valence-electron chi connectivity index (χ1n) is 9.65. The number of hydrogen-bond acceptors (Lipinski definition) is 4. The van der Waals surface area contributed by atoms with Crippen LogP contribution < -0.4 is 10.5 Å². The number of benzene rings is 2. The Balaban J connectivity index is 1.95. The van der Waals surface area contributed by atoms with Crippen LogP contribution in [-0.2, 0) is 6.54 Å². The molecule has 0 aliphatic carbocycles. The molecule has 2 heterocycles. The summed E-state index contributed by atoms with van der Waals surface area (Å²) in [5, 5.41) is 12.7. The molecule has 4 rings (SSSR count). The number of hydrogen-bond donors (Lipinski definition) is 0. The Morgan fingerprint density at radius 2 is 1.68 bits per heavy atom. The van der Waals surface area contributed by atoms with E-state index < -0.39 is 10.5 Å². The van der Waals surface area contributed by atoms with E-state index in [9.17, 15) is 14.9 Å². The zero-order chi connectivity index (χ0) is 19.7. The van der Waals surface area contributed by atoms with Gasteiger partial charge in [0.05, 0.1) is 17.0 Å². The molecule has 2 aromatic carbocycles. The van der Waals surface area contributed by atoms with E-state index in [2.05, 4.69) is 6.92 Å². The number of fused-ring (bicyclic) bond motifs is 1. The molecular formula is C22H23N3O3. The highest BCUT2D eigenvalue weighted by Crippen LogP contribution is 2.36. The molecule has 1 aliphatic heterocycles. The van der Waals surface area contributed by atoms with E-state index in [-0.39, 0.29) is 5.69 Å². The van der Waals surface area contributed by atoms with Crippen molar-refractivity contribution in [2.75, 3.05) is 18.0 Å². The second-order valence-corrected chi connectivity index (χ2v) is 7.52. The lowest BCUT2D eigenvalue weighted by Gasteiger charge is -2.32. The zero-order valence-electron chi connectivity index (χ0n) is 15.9. The van der Waals surface area contributed by atoms with Gasteiger partial charge in [-0.2, -0.15) is 0 Å². The van der Waals surface area contributed by atoms with Crippen LogP contribution in [0.1, 0.15) is 25.3 Å². The first-order valence-corrected chi connectivity index (χ1v) is 9.65. The van der Waals surface area contributed by atoms with Crippen LogP contribution in [0, 0.1) is 16.0 Å². The number of nitro groups is 1. The maximum atomic E-state index is 13.3. The van der Waals surface area contributed by atoms with E-state index >= 15 is 0 Å². The van der Waals surface area contributed by atoms with Crippen LogP contribution in [0.4, 0.5) is 11.4 Å². The maximum absolute atomic E-state index is 13.3. The third-order valence-electron chi connectivity index (χ3n) is 5.59. The summed E-state index contributed by atoms with van der Waals surface area (Å²) in [5.74, 6) is 0.597. The Morgan fingerprint density at radius 3 is 2.36 bits per heavy atom. The zero-order valence-corrected chi connectivity index (χ0v) is 15.9. The monoisotopic (exact) mass is 377 g/mol. The maximum Gasteiger partial charge on any atom is 0.357 e. The summed E-state index contributed by atoms with van der Waals surface area (Å²) in [4.78, 5) is 26.7. The lowest BCUT2D eigenvalue weighted by molar-refractivity contribution is -0.385. The SMILES string of the molecule is CC1CCN(c2c([N+](=O)[O-])c(=O)n(Cc3ccccc3)c3ccccc23)CC1. The molecule has 1 fully saturated rings. The van der Waals surface area contributed by atoms with Gasteiger partial charge in [0.2, 0.25) is 0 Å². The highest BCUT2D eigenvalue weighted by Gasteiger charge is 2.30. The molecule has 6 nitrogen and oxygen atoms in total. The first-order chi connectivity index (χ1) is 13.6. The van der Waals surface area contributed by atoms with Crippen LogP contribution in [-0.4, -0.2) is 22.6 Å². The van der Waals surface area contributed by atoms with Crippen LogP contribution in [0.15, 0.2) is 59.4 Å². The molecule has 0 atom stereocenters. The average Bonchev–Trinajstić information content (AvgIpc) is 2.71. The largest absolute Gasteiger partial charge is 0.365 e. The van der Waals surface area contributed by atoms with Crippen molar-refractivity contribution in [1.29, 1.82) is 0 Å². The van der Waals surface area contributed by atoms with E-state index in [1.54, 1.807) is 0 Å². The van der Waals surface area contributed by atoms with Crippen LogP contribution in [0.3, 0.4) is 0 Å². The molecule has 0 spiro atoms. The fourth-order valence-corrected chi connectivity index (χ4v) is 4.02. The quantitative estimate of drug-likeness (QED) is 0.505. The van der Waals surface area contributed by atoms with Gasteiger partial charge in [-0.15, -0.1) is 0 Å². The normalized spacial score (nSPS) is 15.1. The topological polar surface area (TPSA) is 68.4 Å². The van der Waals surface area contributed by atoms with Crippen molar-refractivity contribution in [2.24, 2.45) is 5.92 Å². The van der Waals surface area contributed by atoms with Crippen molar-refractivity contribution in [2.45, 2.75) is 26.3 Å².